The van der Waals surface area contributed by atoms with Crippen LogP contribution in [0.2, 0.25) is 0 Å². The fourth-order valence-electron chi connectivity index (χ4n) is 1.89. The lowest BCUT2D eigenvalue weighted by molar-refractivity contribution is 0.0587. The van der Waals surface area contributed by atoms with Crippen LogP contribution in [0.5, 0.6) is 0 Å². The van der Waals surface area contributed by atoms with Gasteiger partial charge in [0.05, 0.1) is 11.7 Å². The summed E-state index contributed by atoms with van der Waals surface area (Å²) in [5.74, 6) is 0.00333. The van der Waals surface area contributed by atoms with Crippen molar-refractivity contribution in [3.63, 3.8) is 0 Å². The molecular weight excluding hydrogens is 204 g/mol. The third kappa shape index (κ3) is 2.58. The van der Waals surface area contributed by atoms with Crippen molar-refractivity contribution < 1.29 is 9.53 Å². The van der Waals surface area contributed by atoms with Crippen LogP contribution in [-0.2, 0) is 4.74 Å². The van der Waals surface area contributed by atoms with Crippen LogP contribution < -0.4 is 0 Å². The number of hydrogen-bond acceptors (Lipinski definition) is 3. The predicted molar refractivity (Wildman–Crippen MR) is 60.2 cm³/mol. The molecule has 0 N–H and O–H groups in total. The highest BCUT2D eigenvalue weighted by atomic mass is 16.5. The van der Waals surface area contributed by atoms with E-state index < -0.39 is 0 Å². The van der Waals surface area contributed by atoms with Gasteiger partial charge in [-0.1, -0.05) is 0 Å². The molecule has 1 fully saturated rings. The maximum absolute atomic E-state index is 12.0. The van der Waals surface area contributed by atoms with Gasteiger partial charge in [0.25, 0.3) is 5.91 Å². The lowest BCUT2D eigenvalue weighted by Gasteiger charge is -2.20. The molecule has 1 unspecified atom stereocenters. The van der Waals surface area contributed by atoms with Crippen LogP contribution in [0.3, 0.4) is 0 Å². The van der Waals surface area contributed by atoms with Gasteiger partial charge in [-0.25, -0.2) is 0 Å². The summed E-state index contributed by atoms with van der Waals surface area (Å²) in [6, 6.07) is 3.55. The third-order valence-corrected chi connectivity index (χ3v) is 2.76. The van der Waals surface area contributed by atoms with Crippen molar-refractivity contribution in [2.75, 3.05) is 20.2 Å². The number of rotatable bonds is 3. The molecule has 1 atom stereocenters. The van der Waals surface area contributed by atoms with E-state index in [0.717, 1.165) is 19.4 Å². The maximum atomic E-state index is 12.0. The second kappa shape index (κ2) is 5.07. The standard InChI is InChI=1S/C12H16N2O2/c1-14(9-11-5-3-7-16-11)12(15)10-4-2-6-13-8-10/h2,4,6,8,11H,3,5,7,9H2,1H3. The number of pyridine rings is 1. The molecule has 1 aliphatic heterocycles. The molecule has 1 aromatic heterocycles. The lowest BCUT2D eigenvalue weighted by Crippen LogP contribution is -2.34. The molecule has 1 saturated heterocycles. The zero-order valence-corrected chi connectivity index (χ0v) is 9.43. The molecule has 86 valence electrons. The van der Waals surface area contributed by atoms with Gasteiger partial charge >= 0.3 is 0 Å². The number of carbonyl (C=O) groups is 1. The zero-order valence-electron chi connectivity index (χ0n) is 9.43. The van der Waals surface area contributed by atoms with E-state index in [4.69, 9.17) is 4.74 Å². The normalized spacial score (nSPS) is 19.7. The summed E-state index contributed by atoms with van der Waals surface area (Å²) in [4.78, 5) is 17.6. The third-order valence-electron chi connectivity index (χ3n) is 2.76. The first kappa shape index (κ1) is 11.1. The summed E-state index contributed by atoms with van der Waals surface area (Å²) in [5, 5.41) is 0. The highest BCUT2D eigenvalue weighted by Gasteiger charge is 2.20. The van der Waals surface area contributed by atoms with Crippen molar-refractivity contribution in [2.24, 2.45) is 0 Å². The topological polar surface area (TPSA) is 42.4 Å². The van der Waals surface area contributed by atoms with Gasteiger partial charge in [0.2, 0.25) is 0 Å². The lowest BCUT2D eigenvalue weighted by atomic mass is 10.2. The van der Waals surface area contributed by atoms with Gasteiger partial charge in [-0.05, 0) is 25.0 Å². The van der Waals surface area contributed by atoms with Crippen LogP contribution in [0.1, 0.15) is 23.2 Å². The average molecular weight is 220 g/mol. The van der Waals surface area contributed by atoms with Gasteiger partial charge in [-0.2, -0.15) is 0 Å². The predicted octanol–water partition coefficient (Wildman–Crippen LogP) is 1.33. The van der Waals surface area contributed by atoms with Crippen molar-refractivity contribution >= 4 is 5.91 Å². The fourth-order valence-corrected chi connectivity index (χ4v) is 1.89. The summed E-state index contributed by atoms with van der Waals surface area (Å²) in [6.45, 7) is 1.48. The van der Waals surface area contributed by atoms with Crippen molar-refractivity contribution in [3.8, 4) is 0 Å². The molecule has 2 rings (SSSR count). The molecule has 0 radical (unpaired) electrons. The Morgan fingerprint density at radius 1 is 1.69 bits per heavy atom. The first-order valence-electron chi connectivity index (χ1n) is 5.54. The first-order valence-corrected chi connectivity index (χ1v) is 5.54. The Morgan fingerprint density at radius 2 is 2.56 bits per heavy atom. The number of ether oxygens (including phenoxy) is 1. The highest BCUT2D eigenvalue weighted by molar-refractivity contribution is 5.93. The summed E-state index contributed by atoms with van der Waals surface area (Å²) in [6.07, 6.45) is 5.60. The van der Waals surface area contributed by atoms with Crippen LogP contribution >= 0.6 is 0 Å². The van der Waals surface area contributed by atoms with E-state index in [0.29, 0.717) is 12.1 Å². The molecule has 0 aliphatic carbocycles. The molecule has 0 spiro atoms. The van der Waals surface area contributed by atoms with E-state index in [1.54, 1.807) is 36.5 Å². The van der Waals surface area contributed by atoms with Gasteiger partial charge < -0.3 is 9.64 Å². The van der Waals surface area contributed by atoms with Crippen LogP contribution in [0, 0.1) is 0 Å². The van der Waals surface area contributed by atoms with E-state index in [-0.39, 0.29) is 12.0 Å². The van der Waals surface area contributed by atoms with Crippen molar-refractivity contribution in [1.82, 2.24) is 9.88 Å². The fraction of sp³-hybridized carbons (Fsp3) is 0.500. The van der Waals surface area contributed by atoms with E-state index in [1.807, 2.05) is 0 Å². The smallest absolute Gasteiger partial charge is 0.255 e. The quantitative estimate of drug-likeness (QED) is 0.771. The van der Waals surface area contributed by atoms with Crippen molar-refractivity contribution in [2.45, 2.75) is 18.9 Å². The minimum Gasteiger partial charge on any atom is -0.376 e. The van der Waals surface area contributed by atoms with Crippen LogP contribution in [0.15, 0.2) is 24.5 Å². The summed E-state index contributed by atoms with van der Waals surface area (Å²) < 4.78 is 5.50. The monoisotopic (exact) mass is 220 g/mol. The van der Waals surface area contributed by atoms with Crippen LogP contribution in [-0.4, -0.2) is 42.1 Å². The number of aromatic nitrogens is 1. The Kier molecular flexibility index (Phi) is 3.51. The molecule has 1 aliphatic rings. The van der Waals surface area contributed by atoms with Gasteiger partial charge in [0, 0.05) is 32.6 Å². The molecule has 1 aromatic rings. The summed E-state index contributed by atoms with van der Waals surface area (Å²) in [7, 11) is 1.80. The molecule has 4 heteroatoms. The summed E-state index contributed by atoms with van der Waals surface area (Å²) in [5.41, 5.74) is 0.628. The number of likely N-dealkylation sites (N-methyl/N-ethyl adjacent to an activating group) is 1. The number of hydrogen-bond donors (Lipinski definition) is 0. The molecule has 2 heterocycles. The Hall–Kier alpha value is -1.42. The Labute approximate surface area is 95.2 Å². The zero-order chi connectivity index (χ0) is 11.4. The average Bonchev–Trinajstić information content (AvgIpc) is 2.82. The Balaban J connectivity index is 1.94. The minimum atomic E-state index is 0.00333. The molecular formula is C12H16N2O2. The van der Waals surface area contributed by atoms with Crippen molar-refractivity contribution in [3.05, 3.63) is 30.1 Å². The molecule has 0 aromatic carbocycles. The van der Waals surface area contributed by atoms with E-state index in [2.05, 4.69) is 4.98 Å². The maximum Gasteiger partial charge on any atom is 0.255 e. The molecule has 1 amide bonds. The molecule has 0 saturated carbocycles. The minimum absolute atomic E-state index is 0.00333. The largest absolute Gasteiger partial charge is 0.376 e. The number of amides is 1. The summed E-state index contributed by atoms with van der Waals surface area (Å²) >= 11 is 0. The number of carbonyl (C=O) groups excluding carboxylic acids is 1. The van der Waals surface area contributed by atoms with Crippen LogP contribution in [0.25, 0.3) is 0 Å². The second-order valence-corrected chi connectivity index (χ2v) is 4.06. The first-order chi connectivity index (χ1) is 7.77. The van der Waals surface area contributed by atoms with Gasteiger partial charge in [-0.3, -0.25) is 9.78 Å². The number of nitrogens with zero attached hydrogens (tertiary/aromatic N) is 2. The Morgan fingerprint density at radius 3 is 3.19 bits per heavy atom. The van der Waals surface area contributed by atoms with E-state index in [9.17, 15) is 4.79 Å². The molecule has 0 bridgehead atoms. The van der Waals surface area contributed by atoms with E-state index >= 15 is 0 Å². The van der Waals surface area contributed by atoms with Gasteiger partial charge in [0.15, 0.2) is 0 Å². The second-order valence-electron chi connectivity index (χ2n) is 4.06. The SMILES string of the molecule is CN(CC1CCCO1)C(=O)c1cccnc1. The molecule has 16 heavy (non-hydrogen) atoms. The van der Waals surface area contributed by atoms with Crippen LogP contribution in [0.4, 0.5) is 0 Å². The van der Waals surface area contributed by atoms with Crippen molar-refractivity contribution in [1.29, 1.82) is 0 Å². The van der Waals surface area contributed by atoms with Gasteiger partial charge in [-0.15, -0.1) is 0 Å². The Bertz CT molecular complexity index is 347. The van der Waals surface area contributed by atoms with Gasteiger partial charge in [0.1, 0.15) is 0 Å². The highest BCUT2D eigenvalue weighted by Crippen LogP contribution is 2.13. The molecule has 4 nitrogen and oxygen atoms in total. The van der Waals surface area contributed by atoms with E-state index in [1.165, 1.54) is 0 Å².